The number of esters is 1. The summed E-state index contributed by atoms with van der Waals surface area (Å²) in [6.07, 6.45) is 3.33. The lowest BCUT2D eigenvalue weighted by Crippen LogP contribution is -2.15. The van der Waals surface area contributed by atoms with Gasteiger partial charge in [0.05, 0.1) is 6.61 Å². The molecule has 0 bridgehead atoms. The topological polar surface area (TPSA) is 82.8 Å². The zero-order chi connectivity index (χ0) is 16.1. The molecule has 0 N–H and O–H groups in total. The van der Waals surface area contributed by atoms with E-state index in [1.165, 1.54) is 4.68 Å². The Balaban J connectivity index is 2.02. The number of nitrogens with zero attached hydrogens (tertiary/aromatic N) is 5. The summed E-state index contributed by atoms with van der Waals surface area (Å²) in [7, 11) is 0. The summed E-state index contributed by atoms with van der Waals surface area (Å²) in [6.45, 7) is 2.05. The third-order valence-corrected chi connectivity index (χ3v) is 3.04. The third-order valence-electron chi connectivity index (χ3n) is 3.04. The van der Waals surface area contributed by atoms with Gasteiger partial charge >= 0.3 is 5.97 Å². The summed E-state index contributed by atoms with van der Waals surface area (Å²) in [5.74, 6) is 0.567. The predicted octanol–water partition coefficient (Wildman–Crippen LogP) is 1.97. The highest BCUT2D eigenvalue weighted by atomic mass is 16.5. The van der Waals surface area contributed by atoms with Gasteiger partial charge in [-0.3, -0.25) is 14.8 Å². The molecule has 0 saturated heterocycles. The monoisotopic (exact) mass is 309 g/mol. The van der Waals surface area contributed by atoms with E-state index in [4.69, 9.17) is 4.74 Å². The zero-order valence-corrected chi connectivity index (χ0v) is 12.6. The van der Waals surface area contributed by atoms with Crippen molar-refractivity contribution < 1.29 is 9.53 Å². The molecule has 0 radical (unpaired) electrons. The lowest BCUT2D eigenvalue weighted by molar-refractivity contribution is -0.144. The van der Waals surface area contributed by atoms with Crippen LogP contribution in [0.4, 0.5) is 0 Å². The van der Waals surface area contributed by atoms with Gasteiger partial charge in [0.1, 0.15) is 17.9 Å². The van der Waals surface area contributed by atoms with Gasteiger partial charge in [-0.25, -0.2) is 9.67 Å². The molecule has 3 aromatic heterocycles. The summed E-state index contributed by atoms with van der Waals surface area (Å²) in [6, 6.07) is 11.0. The number of pyridine rings is 2. The highest BCUT2D eigenvalue weighted by molar-refractivity contribution is 5.70. The van der Waals surface area contributed by atoms with Gasteiger partial charge in [0.25, 0.3) is 0 Å². The SMILES string of the molecule is CCOC(=O)Cn1nc(-c2ccccn2)nc1-c1ccccn1. The minimum Gasteiger partial charge on any atom is -0.465 e. The number of carbonyl (C=O) groups is 1. The highest BCUT2D eigenvalue weighted by Gasteiger charge is 2.17. The van der Waals surface area contributed by atoms with E-state index in [1.54, 1.807) is 19.3 Å². The largest absolute Gasteiger partial charge is 0.465 e. The Bertz CT molecular complexity index is 787. The Morgan fingerprint density at radius 1 is 1.09 bits per heavy atom. The van der Waals surface area contributed by atoms with Crippen LogP contribution in [0.5, 0.6) is 0 Å². The molecule has 0 aliphatic carbocycles. The smallest absolute Gasteiger partial charge is 0.327 e. The van der Waals surface area contributed by atoms with Crippen LogP contribution < -0.4 is 0 Å². The van der Waals surface area contributed by atoms with E-state index in [-0.39, 0.29) is 12.5 Å². The van der Waals surface area contributed by atoms with E-state index < -0.39 is 0 Å². The second kappa shape index (κ2) is 6.78. The molecule has 0 saturated carbocycles. The molecule has 7 heteroatoms. The minimum atomic E-state index is -0.373. The molecule has 116 valence electrons. The maximum Gasteiger partial charge on any atom is 0.327 e. The van der Waals surface area contributed by atoms with Crippen molar-refractivity contribution in [2.24, 2.45) is 0 Å². The Morgan fingerprint density at radius 2 is 1.78 bits per heavy atom. The van der Waals surface area contributed by atoms with Crippen LogP contribution in [0.25, 0.3) is 23.0 Å². The number of rotatable bonds is 5. The van der Waals surface area contributed by atoms with Crippen molar-refractivity contribution in [3.8, 4) is 23.0 Å². The van der Waals surface area contributed by atoms with Gasteiger partial charge in [-0.1, -0.05) is 12.1 Å². The molecule has 0 fully saturated rings. The fraction of sp³-hybridized carbons (Fsp3) is 0.188. The molecule has 0 unspecified atom stereocenters. The quantitative estimate of drug-likeness (QED) is 0.670. The maximum absolute atomic E-state index is 11.8. The Hall–Kier alpha value is -3.09. The zero-order valence-electron chi connectivity index (χ0n) is 12.6. The Labute approximate surface area is 133 Å². The number of aromatic nitrogens is 5. The summed E-state index contributed by atoms with van der Waals surface area (Å²) in [5, 5.41) is 4.38. The molecule has 0 aliphatic heterocycles. The lowest BCUT2D eigenvalue weighted by Gasteiger charge is -2.04. The average molecular weight is 309 g/mol. The van der Waals surface area contributed by atoms with Crippen molar-refractivity contribution in [1.29, 1.82) is 0 Å². The maximum atomic E-state index is 11.8. The van der Waals surface area contributed by atoms with Crippen molar-refractivity contribution in [2.75, 3.05) is 6.61 Å². The van der Waals surface area contributed by atoms with Crippen molar-refractivity contribution in [3.63, 3.8) is 0 Å². The normalized spacial score (nSPS) is 10.5. The predicted molar refractivity (Wildman–Crippen MR) is 83.1 cm³/mol. The second-order valence-electron chi connectivity index (χ2n) is 4.65. The van der Waals surface area contributed by atoms with Gasteiger partial charge in [0, 0.05) is 12.4 Å². The van der Waals surface area contributed by atoms with Crippen LogP contribution in [0.1, 0.15) is 6.92 Å². The van der Waals surface area contributed by atoms with Crippen molar-refractivity contribution in [2.45, 2.75) is 13.5 Å². The molecule has 0 amide bonds. The fourth-order valence-corrected chi connectivity index (χ4v) is 2.07. The average Bonchev–Trinajstić information content (AvgIpc) is 3.00. The summed E-state index contributed by atoms with van der Waals surface area (Å²) in [5.41, 5.74) is 1.26. The minimum absolute atomic E-state index is 0.0282. The summed E-state index contributed by atoms with van der Waals surface area (Å²) < 4.78 is 6.48. The first-order chi connectivity index (χ1) is 11.3. The molecule has 0 spiro atoms. The van der Waals surface area contributed by atoms with E-state index >= 15 is 0 Å². The molecular weight excluding hydrogens is 294 g/mol. The molecule has 0 aliphatic rings. The van der Waals surface area contributed by atoms with Crippen LogP contribution in [0.2, 0.25) is 0 Å². The van der Waals surface area contributed by atoms with Crippen LogP contribution in [0.15, 0.2) is 48.8 Å². The van der Waals surface area contributed by atoms with Gasteiger partial charge in [-0.2, -0.15) is 0 Å². The van der Waals surface area contributed by atoms with Crippen LogP contribution in [-0.4, -0.2) is 37.3 Å². The van der Waals surface area contributed by atoms with Crippen LogP contribution in [-0.2, 0) is 16.1 Å². The molecule has 0 atom stereocenters. The highest BCUT2D eigenvalue weighted by Crippen LogP contribution is 2.19. The first-order valence-corrected chi connectivity index (χ1v) is 7.21. The summed E-state index contributed by atoms with van der Waals surface area (Å²) in [4.78, 5) is 24.8. The standard InChI is InChI=1S/C16H15N5O2/c1-2-23-14(22)11-21-16(13-8-4-6-10-18-13)19-15(20-21)12-7-3-5-9-17-12/h3-10H,2,11H2,1H3. The van der Waals surface area contributed by atoms with Crippen LogP contribution >= 0.6 is 0 Å². The van der Waals surface area contributed by atoms with E-state index in [0.29, 0.717) is 29.6 Å². The number of hydrogen-bond donors (Lipinski definition) is 0. The van der Waals surface area contributed by atoms with Gasteiger partial charge < -0.3 is 4.74 Å². The Kier molecular flexibility index (Phi) is 4.37. The summed E-state index contributed by atoms with van der Waals surface area (Å²) >= 11 is 0. The van der Waals surface area contributed by atoms with Crippen molar-refractivity contribution in [3.05, 3.63) is 48.8 Å². The molecule has 3 heterocycles. The molecule has 3 rings (SSSR count). The first kappa shape index (κ1) is 14.8. The number of ether oxygens (including phenoxy) is 1. The molecule has 0 aromatic carbocycles. The third kappa shape index (κ3) is 3.39. The van der Waals surface area contributed by atoms with Crippen molar-refractivity contribution in [1.82, 2.24) is 24.7 Å². The molecule has 23 heavy (non-hydrogen) atoms. The van der Waals surface area contributed by atoms with E-state index in [2.05, 4.69) is 20.1 Å². The lowest BCUT2D eigenvalue weighted by atomic mass is 10.3. The van der Waals surface area contributed by atoms with Gasteiger partial charge in [0.2, 0.25) is 0 Å². The molecular formula is C16H15N5O2. The van der Waals surface area contributed by atoms with E-state index in [9.17, 15) is 4.79 Å². The van der Waals surface area contributed by atoms with Crippen LogP contribution in [0.3, 0.4) is 0 Å². The molecule has 7 nitrogen and oxygen atoms in total. The van der Waals surface area contributed by atoms with Crippen molar-refractivity contribution >= 4 is 5.97 Å². The number of carbonyl (C=O) groups excluding carboxylic acids is 1. The van der Waals surface area contributed by atoms with Gasteiger partial charge in [-0.05, 0) is 31.2 Å². The van der Waals surface area contributed by atoms with Crippen LogP contribution in [0, 0.1) is 0 Å². The second-order valence-corrected chi connectivity index (χ2v) is 4.65. The first-order valence-electron chi connectivity index (χ1n) is 7.21. The van der Waals surface area contributed by atoms with E-state index in [0.717, 1.165) is 0 Å². The van der Waals surface area contributed by atoms with Gasteiger partial charge in [0.15, 0.2) is 11.6 Å². The van der Waals surface area contributed by atoms with E-state index in [1.807, 2.05) is 36.4 Å². The number of hydrogen-bond acceptors (Lipinski definition) is 6. The van der Waals surface area contributed by atoms with Gasteiger partial charge in [-0.15, -0.1) is 5.10 Å². The molecule has 3 aromatic rings. The fourth-order valence-electron chi connectivity index (χ4n) is 2.07. The Morgan fingerprint density at radius 3 is 2.39 bits per heavy atom.